The van der Waals surface area contributed by atoms with E-state index in [0.29, 0.717) is 32.2 Å². The maximum absolute atomic E-state index is 13.9. The molecule has 292 valence electrons. The summed E-state index contributed by atoms with van der Waals surface area (Å²) in [5.41, 5.74) is -3.42. The van der Waals surface area contributed by atoms with Crippen LogP contribution in [0, 0.1) is 0 Å². The number of carbonyl (C=O) groups excluding carboxylic acids is 4. The van der Waals surface area contributed by atoms with Gasteiger partial charge in [0.2, 0.25) is 0 Å². The summed E-state index contributed by atoms with van der Waals surface area (Å²) in [4.78, 5) is 63.2. The molecule has 4 saturated heterocycles. The first-order valence-electron chi connectivity index (χ1n) is 19.3. The van der Waals surface area contributed by atoms with Gasteiger partial charge in [0.05, 0.1) is 25.3 Å². The van der Waals surface area contributed by atoms with E-state index in [1.807, 2.05) is 19.0 Å². The quantitative estimate of drug-likeness (QED) is 0.147. The third-order valence-corrected chi connectivity index (χ3v) is 12.6. The van der Waals surface area contributed by atoms with Crippen molar-refractivity contribution in [3.63, 3.8) is 0 Å². The third kappa shape index (κ3) is 8.58. The minimum Gasteiger partial charge on any atom is -0.390 e. The summed E-state index contributed by atoms with van der Waals surface area (Å²) in [5.74, 6) is -0.618. The van der Waals surface area contributed by atoms with Crippen molar-refractivity contribution in [2.75, 3.05) is 46.8 Å². The fourth-order valence-corrected chi connectivity index (χ4v) is 9.86. The summed E-state index contributed by atoms with van der Waals surface area (Å²) in [6, 6.07) is -0.990. The Bertz CT molecular complexity index is 1190. The van der Waals surface area contributed by atoms with Gasteiger partial charge in [-0.1, -0.05) is 39.0 Å². The molecule has 4 aliphatic rings. The first-order chi connectivity index (χ1) is 23.4. The number of aliphatic hydroxyl groups is 2. The zero-order valence-corrected chi connectivity index (χ0v) is 33.5. The molecular weight excluding hydrogens is 650 g/mol. The predicted octanol–water partition coefficient (Wildman–Crippen LogP) is 3.52. The highest BCUT2D eigenvalue weighted by molar-refractivity contribution is 6.08. The number of hydrogen-bond donors (Lipinski definition) is 4. The monoisotopic (exact) mass is 720 g/mol. The van der Waals surface area contributed by atoms with Gasteiger partial charge in [0.25, 0.3) is 11.8 Å². The molecule has 2 unspecified atom stereocenters. The summed E-state index contributed by atoms with van der Waals surface area (Å²) >= 11 is 0. The first-order valence-corrected chi connectivity index (χ1v) is 19.3. The van der Waals surface area contributed by atoms with Crippen LogP contribution >= 0.6 is 0 Å². The van der Waals surface area contributed by atoms with Gasteiger partial charge in [0, 0.05) is 35.2 Å². The molecule has 0 aromatic carbocycles. The number of urea groups is 2. The molecule has 0 radical (unpaired) electrons. The van der Waals surface area contributed by atoms with Gasteiger partial charge in [0.15, 0.2) is 0 Å². The van der Waals surface area contributed by atoms with Crippen molar-refractivity contribution in [3.05, 3.63) is 0 Å². The molecule has 4 fully saturated rings. The molecule has 4 heterocycles. The molecule has 6 amide bonds. The van der Waals surface area contributed by atoms with Crippen molar-refractivity contribution in [3.8, 4) is 0 Å². The number of likely N-dealkylation sites (tertiary alicyclic amines) is 2. The second-order valence-corrected chi connectivity index (χ2v) is 18.8. The number of rotatable bonds is 15. The normalized spacial score (nSPS) is 26.3. The van der Waals surface area contributed by atoms with E-state index >= 15 is 0 Å². The molecule has 2 spiro atoms. The van der Waals surface area contributed by atoms with Crippen LogP contribution in [-0.2, 0) is 9.59 Å². The van der Waals surface area contributed by atoms with Gasteiger partial charge in [-0.05, 0) is 108 Å². The van der Waals surface area contributed by atoms with Crippen LogP contribution in [0.5, 0.6) is 0 Å². The third-order valence-electron chi connectivity index (χ3n) is 12.6. The number of β-amino-alcohol motifs (C(OH)–C–C–N with tert-alkyl or cyclic N) is 2. The Balaban J connectivity index is 1.43. The molecule has 0 bridgehead atoms. The molecule has 4 rings (SSSR count). The summed E-state index contributed by atoms with van der Waals surface area (Å²) in [6.07, 6.45) is 6.13. The van der Waals surface area contributed by atoms with Gasteiger partial charge in [0.1, 0.15) is 11.1 Å². The Kier molecular flexibility index (Phi) is 12.1. The number of aliphatic hydroxyl groups excluding tert-OH is 2. The molecule has 13 nitrogen and oxygen atoms in total. The zero-order chi connectivity index (χ0) is 38.4. The van der Waals surface area contributed by atoms with Crippen molar-refractivity contribution < 1.29 is 29.4 Å². The number of nitrogens with one attached hydrogen (secondary N) is 2. The predicted molar refractivity (Wildman–Crippen MR) is 198 cm³/mol. The zero-order valence-electron chi connectivity index (χ0n) is 33.5. The Morgan fingerprint density at radius 1 is 0.608 bits per heavy atom. The average molecular weight is 720 g/mol. The molecular formula is C38H69N7O6. The maximum Gasteiger partial charge on any atom is 0.325 e. The van der Waals surface area contributed by atoms with Gasteiger partial charge >= 0.3 is 12.1 Å². The lowest BCUT2D eigenvalue weighted by atomic mass is 9.69. The number of nitrogens with zero attached hydrogens (tertiary/aromatic N) is 5. The number of hydrogen-bond acceptors (Lipinski definition) is 9. The van der Waals surface area contributed by atoms with Crippen LogP contribution in [0.4, 0.5) is 9.59 Å². The Hall–Kier alpha value is -2.32. The van der Waals surface area contributed by atoms with E-state index in [1.54, 1.807) is 0 Å². The van der Waals surface area contributed by atoms with Crippen molar-refractivity contribution in [1.82, 2.24) is 35.1 Å². The van der Waals surface area contributed by atoms with Gasteiger partial charge < -0.3 is 20.8 Å². The Labute approximate surface area is 306 Å². The standard InChI is InChI=1S/C38H69N7O6/c1-12-13-14-15-16-17-18-43(19-27(46)21-44-29(48)37(39-31(44)50)23-33(2,3)41(10)34(4,5)24-37)20-28(47)22-45-30(49)38(40-32(45)51)25-35(6,7)42(11)36(8,9)26-38/h27-28,46-47H,12-26H2,1-11H3,(H,39,50)(H,40,51). The van der Waals surface area contributed by atoms with Crippen LogP contribution in [0.1, 0.15) is 127 Å². The Morgan fingerprint density at radius 2 is 0.941 bits per heavy atom. The second-order valence-electron chi connectivity index (χ2n) is 18.8. The van der Waals surface area contributed by atoms with E-state index in [4.69, 9.17) is 0 Å². The first kappa shape index (κ1) is 41.4. The molecule has 4 N–H and O–H groups in total. The second kappa shape index (κ2) is 14.8. The molecule has 0 aliphatic carbocycles. The molecule has 0 aromatic heterocycles. The van der Waals surface area contributed by atoms with Crippen LogP contribution in [0.25, 0.3) is 0 Å². The molecule has 0 saturated carbocycles. The lowest BCUT2D eigenvalue weighted by molar-refractivity contribution is -0.140. The number of piperidine rings is 2. The van der Waals surface area contributed by atoms with Crippen LogP contribution < -0.4 is 10.6 Å². The van der Waals surface area contributed by atoms with Gasteiger partial charge in [-0.2, -0.15) is 0 Å². The smallest absolute Gasteiger partial charge is 0.325 e. The molecule has 13 heteroatoms. The summed E-state index contributed by atoms with van der Waals surface area (Å²) in [7, 11) is 4.09. The molecule has 0 aromatic rings. The van der Waals surface area contributed by atoms with E-state index < -0.39 is 35.3 Å². The SMILES string of the molecule is CCCCCCCCN(CC(O)CN1C(=O)NC2(CC(C)(C)N(C)C(C)(C)C2)C1=O)CC(O)CN1C(=O)NC2(CC(C)(C)N(C)C(C)(C)C2)C1=O. The van der Waals surface area contributed by atoms with Crippen molar-refractivity contribution >= 4 is 23.9 Å². The van der Waals surface area contributed by atoms with Gasteiger partial charge in [-0.25, -0.2) is 9.59 Å². The number of amides is 6. The van der Waals surface area contributed by atoms with Crippen LogP contribution in [0.2, 0.25) is 0 Å². The number of imide groups is 2. The fourth-order valence-electron chi connectivity index (χ4n) is 9.86. The molecule has 2 atom stereocenters. The van der Waals surface area contributed by atoms with Gasteiger partial charge in [-0.3, -0.25) is 34.1 Å². The van der Waals surface area contributed by atoms with Crippen LogP contribution in [-0.4, -0.2) is 151 Å². The summed E-state index contributed by atoms with van der Waals surface area (Å²) in [6.45, 7) is 19.3. The molecule has 4 aliphatic heterocycles. The fraction of sp³-hybridized carbons (Fsp3) is 0.895. The lowest BCUT2D eigenvalue weighted by Gasteiger charge is -2.56. The van der Waals surface area contributed by atoms with Crippen molar-refractivity contribution in [2.24, 2.45) is 0 Å². The van der Waals surface area contributed by atoms with Gasteiger partial charge in [-0.15, -0.1) is 0 Å². The maximum atomic E-state index is 13.9. The largest absolute Gasteiger partial charge is 0.390 e. The van der Waals surface area contributed by atoms with E-state index in [1.165, 1.54) is 6.42 Å². The average Bonchev–Trinajstić information content (AvgIpc) is 3.33. The number of unbranched alkanes of at least 4 members (excludes halogenated alkanes) is 5. The molecule has 51 heavy (non-hydrogen) atoms. The van der Waals surface area contributed by atoms with Crippen molar-refractivity contribution in [2.45, 2.75) is 172 Å². The lowest BCUT2D eigenvalue weighted by Crippen LogP contribution is -2.68. The number of carbonyl (C=O) groups is 4. The van der Waals surface area contributed by atoms with E-state index in [9.17, 15) is 29.4 Å². The topological polar surface area (TPSA) is 149 Å². The van der Waals surface area contributed by atoms with E-state index in [-0.39, 0.29) is 60.1 Å². The summed E-state index contributed by atoms with van der Waals surface area (Å²) in [5, 5.41) is 28.7. The highest BCUT2D eigenvalue weighted by Crippen LogP contribution is 2.46. The van der Waals surface area contributed by atoms with Crippen LogP contribution in [0.3, 0.4) is 0 Å². The summed E-state index contributed by atoms with van der Waals surface area (Å²) < 4.78 is 0. The van der Waals surface area contributed by atoms with E-state index in [2.05, 4.69) is 82.7 Å². The highest BCUT2D eigenvalue weighted by Gasteiger charge is 2.62. The van der Waals surface area contributed by atoms with E-state index in [0.717, 1.165) is 41.9 Å². The minimum absolute atomic E-state index is 0.120. The Morgan fingerprint density at radius 3 is 1.29 bits per heavy atom. The minimum atomic E-state index is -1.06. The highest BCUT2D eigenvalue weighted by atomic mass is 16.3. The van der Waals surface area contributed by atoms with Crippen LogP contribution in [0.15, 0.2) is 0 Å². The van der Waals surface area contributed by atoms with Crippen molar-refractivity contribution in [1.29, 1.82) is 0 Å².